The van der Waals surface area contributed by atoms with Crippen LogP contribution in [0, 0.1) is 5.41 Å². The first-order chi connectivity index (χ1) is 6.80. The van der Waals surface area contributed by atoms with Crippen LogP contribution in [0.2, 0.25) is 0 Å². The molecule has 1 aliphatic heterocycles. The summed E-state index contributed by atoms with van der Waals surface area (Å²) < 4.78 is 0. The number of nitrogens with zero attached hydrogens (tertiary/aromatic N) is 1. The summed E-state index contributed by atoms with van der Waals surface area (Å²) in [4.78, 5) is 0. The fourth-order valence-electron chi connectivity index (χ4n) is 0.732. The molecule has 0 aromatic rings. The quantitative estimate of drug-likeness (QED) is 0.696. The lowest BCUT2D eigenvalue weighted by Gasteiger charge is -2.19. The molecule has 0 aromatic carbocycles. The molecule has 0 bridgehead atoms. The van der Waals surface area contributed by atoms with Crippen molar-refractivity contribution in [3.63, 3.8) is 0 Å². The SMILES string of the molecule is C.CC.CC(C)(C)C.CC(C)N1C=CCN1.[B]. The maximum atomic E-state index is 3.18. The predicted octanol–water partition coefficient (Wildman–Crippen LogP) is 4.06. The molecule has 1 heterocycles. The normalized spacial score (nSPS) is 12.6. The van der Waals surface area contributed by atoms with E-state index in [9.17, 15) is 0 Å². The van der Waals surface area contributed by atoms with Gasteiger partial charge in [0.05, 0.1) is 0 Å². The molecule has 0 unspecified atom stereocenters. The van der Waals surface area contributed by atoms with E-state index in [4.69, 9.17) is 0 Å². The van der Waals surface area contributed by atoms with E-state index in [1.807, 2.05) is 13.8 Å². The van der Waals surface area contributed by atoms with Crippen molar-refractivity contribution in [1.82, 2.24) is 10.4 Å². The standard InChI is InChI=1S/C6H12N2.C5H12.C2H6.CH4.B/c1-6(2)8-5-3-4-7-8;1-5(2,3)4;1-2;;/h3,5-7H,4H2,1-2H3;1-4H3;1-2H3;1H4;. The molecule has 0 fully saturated rings. The van der Waals surface area contributed by atoms with Crippen LogP contribution in [0.3, 0.4) is 0 Å². The maximum absolute atomic E-state index is 3.18. The van der Waals surface area contributed by atoms with Gasteiger partial charge in [0.2, 0.25) is 0 Å². The lowest BCUT2D eigenvalue weighted by atomic mass is 10.0. The van der Waals surface area contributed by atoms with Crippen molar-refractivity contribution in [3.05, 3.63) is 12.3 Å². The van der Waals surface area contributed by atoms with Gasteiger partial charge < -0.3 is 5.01 Å². The molecular formula is C14H34BN2. The molecule has 17 heavy (non-hydrogen) atoms. The highest BCUT2D eigenvalue weighted by molar-refractivity contribution is 5.75. The van der Waals surface area contributed by atoms with E-state index in [1.165, 1.54) is 0 Å². The molecule has 1 rings (SSSR count). The van der Waals surface area contributed by atoms with Gasteiger partial charge in [-0.3, -0.25) is 0 Å². The van der Waals surface area contributed by atoms with E-state index in [-0.39, 0.29) is 15.8 Å². The molecule has 3 radical (unpaired) electrons. The van der Waals surface area contributed by atoms with Gasteiger partial charge in [-0.05, 0) is 19.3 Å². The first-order valence-corrected chi connectivity index (χ1v) is 5.99. The number of hydrazine groups is 1. The zero-order chi connectivity index (χ0) is 12.5. The molecule has 0 aliphatic carbocycles. The van der Waals surface area contributed by atoms with Gasteiger partial charge in [0.25, 0.3) is 0 Å². The minimum Gasteiger partial charge on any atom is -0.313 e. The first-order valence-electron chi connectivity index (χ1n) is 5.99. The second-order valence-corrected chi connectivity index (χ2v) is 5.25. The summed E-state index contributed by atoms with van der Waals surface area (Å²) in [5.41, 5.74) is 3.68. The lowest BCUT2D eigenvalue weighted by molar-refractivity contribution is 0.250. The van der Waals surface area contributed by atoms with Crippen molar-refractivity contribution >= 4 is 8.41 Å². The Balaban J connectivity index is -0.0000000838. The van der Waals surface area contributed by atoms with Crippen LogP contribution in [0.4, 0.5) is 0 Å². The van der Waals surface area contributed by atoms with Crippen LogP contribution in [-0.4, -0.2) is 26.0 Å². The van der Waals surface area contributed by atoms with Crippen LogP contribution in [0.15, 0.2) is 12.3 Å². The van der Waals surface area contributed by atoms with E-state index in [0.717, 1.165) is 6.54 Å². The maximum Gasteiger partial charge on any atom is 0.0391 e. The molecule has 3 heteroatoms. The van der Waals surface area contributed by atoms with Crippen LogP contribution in [0.5, 0.6) is 0 Å². The van der Waals surface area contributed by atoms with Crippen molar-refractivity contribution in [2.45, 2.75) is 68.9 Å². The van der Waals surface area contributed by atoms with Gasteiger partial charge in [-0.25, -0.2) is 5.43 Å². The third kappa shape index (κ3) is 25.7. The summed E-state index contributed by atoms with van der Waals surface area (Å²) >= 11 is 0. The summed E-state index contributed by atoms with van der Waals surface area (Å²) in [5.74, 6) is 0. The van der Waals surface area contributed by atoms with E-state index in [0.29, 0.717) is 11.5 Å². The average molecular weight is 241 g/mol. The predicted molar refractivity (Wildman–Crippen MR) is 83.1 cm³/mol. The number of hydrogen-bond donors (Lipinski definition) is 1. The second-order valence-electron chi connectivity index (χ2n) is 5.25. The highest BCUT2D eigenvalue weighted by Crippen LogP contribution is 2.08. The molecule has 0 aromatic heterocycles. The number of hydrogen-bond acceptors (Lipinski definition) is 2. The lowest BCUT2D eigenvalue weighted by Crippen LogP contribution is -2.34. The molecule has 0 saturated carbocycles. The summed E-state index contributed by atoms with van der Waals surface area (Å²) in [7, 11) is 0. The van der Waals surface area contributed by atoms with E-state index < -0.39 is 0 Å². The van der Waals surface area contributed by atoms with E-state index in [1.54, 1.807) is 0 Å². The minimum atomic E-state index is 0. The largest absolute Gasteiger partial charge is 0.313 e. The van der Waals surface area contributed by atoms with E-state index in [2.05, 4.69) is 64.3 Å². The Kier molecular flexibility index (Phi) is 20.4. The van der Waals surface area contributed by atoms with Crippen LogP contribution in [0.25, 0.3) is 0 Å². The summed E-state index contributed by atoms with van der Waals surface area (Å²) in [5, 5.41) is 2.10. The Hall–Kier alpha value is -0.435. The van der Waals surface area contributed by atoms with Gasteiger partial charge >= 0.3 is 0 Å². The van der Waals surface area contributed by atoms with Gasteiger partial charge in [-0.2, -0.15) is 0 Å². The molecule has 2 nitrogen and oxygen atoms in total. The second kappa shape index (κ2) is 13.6. The smallest absolute Gasteiger partial charge is 0.0391 e. The Morgan fingerprint density at radius 2 is 1.47 bits per heavy atom. The van der Waals surface area contributed by atoms with Crippen LogP contribution in [-0.2, 0) is 0 Å². The van der Waals surface area contributed by atoms with Crippen molar-refractivity contribution < 1.29 is 0 Å². The van der Waals surface area contributed by atoms with Gasteiger partial charge in [-0.15, -0.1) is 0 Å². The molecule has 1 N–H and O–H groups in total. The van der Waals surface area contributed by atoms with Crippen LogP contribution < -0.4 is 5.43 Å². The molecular weight excluding hydrogens is 207 g/mol. The molecule has 1 aliphatic rings. The monoisotopic (exact) mass is 241 g/mol. The Morgan fingerprint density at radius 1 is 1.12 bits per heavy atom. The van der Waals surface area contributed by atoms with Crippen molar-refractivity contribution in [2.24, 2.45) is 5.41 Å². The summed E-state index contributed by atoms with van der Waals surface area (Å²) in [6.07, 6.45) is 4.19. The first kappa shape index (κ1) is 25.4. The van der Waals surface area contributed by atoms with Crippen LogP contribution >= 0.6 is 0 Å². The Morgan fingerprint density at radius 3 is 1.59 bits per heavy atom. The summed E-state index contributed by atoms with van der Waals surface area (Å²) in [6, 6.07) is 0.578. The topological polar surface area (TPSA) is 15.3 Å². The highest BCUT2D eigenvalue weighted by atomic mass is 15.5. The van der Waals surface area contributed by atoms with Gasteiger partial charge in [0.1, 0.15) is 0 Å². The zero-order valence-corrected chi connectivity index (χ0v) is 12.5. The third-order valence-electron chi connectivity index (χ3n) is 1.21. The molecule has 103 valence electrons. The molecule has 0 amide bonds. The highest BCUT2D eigenvalue weighted by Gasteiger charge is 2.04. The zero-order valence-electron chi connectivity index (χ0n) is 12.5. The number of rotatable bonds is 1. The van der Waals surface area contributed by atoms with E-state index >= 15 is 0 Å². The minimum absolute atomic E-state index is 0. The van der Waals surface area contributed by atoms with Crippen molar-refractivity contribution in [3.8, 4) is 0 Å². The Labute approximate surface area is 112 Å². The van der Waals surface area contributed by atoms with Gasteiger partial charge in [0.15, 0.2) is 0 Å². The fraction of sp³-hybridized carbons (Fsp3) is 0.857. The average Bonchev–Trinajstić information content (AvgIpc) is 2.56. The summed E-state index contributed by atoms with van der Waals surface area (Å²) in [6.45, 7) is 18.0. The number of nitrogens with one attached hydrogen (secondary N) is 1. The third-order valence-corrected chi connectivity index (χ3v) is 1.21. The molecule has 0 saturated heterocycles. The Bertz CT molecular complexity index is 154. The van der Waals surface area contributed by atoms with Gasteiger partial charge in [0, 0.05) is 27.2 Å². The van der Waals surface area contributed by atoms with Crippen LogP contribution in [0.1, 0.15) is 62.8 Å². The molecule has 0 atom stereocenters. The fourth-order valence-corrected chi connectivity index (χ4v) is 0.732. The van der Waals surface area contributed by atoms with Gasteiger partial charge in [-0.1, -0.05) is 55.0 Å². The van der Waals surface area contributed by atoms with Crippen molar-refractivity contribution in [1.29, 1.82) is 0 Å². The molecule has 0 spiro atoms. The van der Waals surface area contributed by atoms with Crippen molar-refractivity contribution in [2.75, 3.05) is 6.54 Å².